The van der Waals surface area contributed by atoms with Crippen molar-refractivity contribution in [1.82, 2.24) is 10.2 Å². The Morgan fingerprint density at radius 3 is 2.28 bits per heavy atom. The molecule has 3 rings (SSSR count). The van der Waals surface area contributed by atoms with Gasteiger partial charge in [0.25, 0.3) is 10.0 Å². The van der Waals surface area contributed by atoms with Gasteiger partial charge in [0, 0.05) is 13.1 Å². The van der Waals surface area contributed by atoms with Crippen molar-refractivity contribution in [2.75, 3.05) is 17.4 Å². The second-order valence-corrected chi connectivity index (χ2v) is 12.3. The van der Waals surface area contributed by atoms with Crippen molar-refractivity contribution >= 4 is 39.1 Å². The maximum absolute atomic E-state index is 14.1. The summed E-state index contributed by atoms with van der Waals surface area (Å²) in [5, 5.41) is 2.53. The summed E-state index contributed by atoms with van der Waals surface area (Å²) in [6.45, 7) is 5.03. The predicted octanol–water partition coefficient (Wildman–Crippen LogP) is 6.59. The van der Waals surface area contributed by atoms with E-state index in [1.54, 1.807) is 25.1 Å². The minimum atomic E-state index is -4.80. The number of nitrogens with one attached hydrogen (secondary N) is 1. The van der Waals surface area contributed by atoms with Gasteiger partial charge in [-0.1, -0.05) is 79.9 Å². The van der Waals surface area contributed by atoms with Crippen LogP contribution in [0, 0.1) is 6.92 Å². The molecule has 3 aromatic carbocycles. The molecule has 1 N–H and O–H groups in total. The van der Waals surface area contributed by atoms with Gasteiger partial charge in [0.05, 0.1) is 21.2 Å². The molecule has 232 valence electrons. The van der Waals surface area contributed by atoms with Crippen LogP contribution < -0.4 is 9.62 Å². The molecule has 0 saturated heterocycles. The molecular formula is C31H35ClF3N3O4S. The molecule has 0 aromatic heterocycles. The average Bonchev–Trinajstić information content (AvgIpc) is 2.96. The summed E-state index contributed by atoms with van der Waals surface area (Å²) in [5.41, 5.74) is -0.0345. The zero-order valence-electron chi connectivity index (χ0n) is 24.2. The Kier molecular flexibility index (Phi) is 11.6. The van der Waals surface area contributed by atoms with Gasteiger partial charge >= 0.3 is 6.18 Å². The third-order valence-corrected chi connectivity index (χ3v) is 8.90. The molecule has 43 heavy (non-hydrogen) atoms. The first-order valence-electron chi connectivity index (χ1n) is 13.9. The summed E-state index contributed by atoms with van der Waals surface area (Å²) in [6, 6.07) is 15.6. The lowest BCUT2D eigenvalue weighted by Gasteiger charge is -2.33. The van der Waals surface area contributed by atoms with Crippen LogP contribution >= 0.6 is 11.6 Å². The van der Waals surface area contributed by atoms with Gasteiger partial charge in [-0.2, -0.15) is 13.2 Å². The number of sulfonamides is 1. The highest BCUT2D eigenvalue weighted by Gasteiger charge is 2.37. The smallest absolute Gasteiger partial charge is 0.354 e. The second-order valence-electron chi connectivity index (χ2n) is 10.1. The monoisotopic (exact) mass is 637 g/mol. The third-order valence-electron chi connectivity index (χ3n) is 6.80. The summed E-state index contributed by atoms with van der Waals surface area (Å²) in [6.07, 6.45) is -3.02. The number of benzene rings is 3. The topological polar surface area (TPSA) is 86.8 Å². The fourth-order valence-electron chi connectivity index (χ4n) is 4.55. The molecular weight excluding hydrogens is 603 g/mol. The van der Waals surface area contributed by atoms with Crippen LogP contribution in [0.5, 0.6) is 0 Å². The molecule has 0 saturated carbocycles. The number of hydrogen-bond donors (Lipinski definition) is 1. The summed E-state index contributed by atoms with van der Waals surface area (Å²) in [7, 11) is -4.58. The number of rotatable bonds is 13. The number of amides is 2. The van der Waals surface area contributed by atoms with E-state index in [1.165, 1.54) is 29.2 Å². The Labute approximate surface area is 255 Å². The standard InChI is InChI=1S/C31H35ClF3N3O4S/c1-4-6-17-36-30(40)27(5-2)37(20-23-12-10-11-22(3)18-23)29(39)21-38(43(41,42)25-13-8-7-9-14-25)28-19-24(31(33,34)35)15-16-26(28)32/h7-16,18-19,27H,4-6,17,20-21H2,1-3H3,(H,36,40)/t27-/m1/s1. The van der Waals surface area contributed by atoms with Gasteiger partial charge in [-0.25, -0.2) is 8.42 Å². The number of anilines is 1. The second kappa shape index (κ2) is 14.7. The molecule has 0 bridgehead atoms. The summed E-state index contributed by atoms with van der Waals surface area (Å²) >= 11 is 6.29. The van der Waals surface area contributed by atoms with Gasteiger partial charge in [0.15, 0.2) is 0 Å². The lowest BCUT2D eigenvalue weighted by atomic mass is 10.1. The lowest BCUT2D eigenvalue weighted by Crippen LogP contribution is -2.52. The summed E-state index contributed by atoms with van der Waals surface area (Å²) in [4.78, 5) is 28.4. The van der Waals surface area contributed by atoms with E-state index >= 15 is 0 Å². The van der Waals surface area contributed by atoms with Crippen LogP contribution in [0.15, 0.2) is 77.7 Å². The predicted molar refractivity (Wildman–Crippen MR) is 161 cm³/mol. The van der Waals surface area contributed by atoms with E-state index < -0.39 is 51.9 Å². The summed E-state index contributed by atoms with van der Waals surface area (Å²) < 4.78 is 69.4. The SMILES string of the molecule is CCCCNC(=O)[C@@H](CC)N(Cc1cccc(C)c1)C(=O)CN(c1cc(C(F)(F)F)ccc1Cl)S(=O)(=O)c1ccccc1. The van der Waals surface area contributed by atoms with Gasteiger partial charge in [0.2, 0.25) is 11.8 Å². The number of carbonyl (C=O) groups is 2. The zero-order chi connectivity index (χ0) is 31.8. The molecule has 0 aliphatic carbocycles. The minimum Gasteiger partial charge on any atom is -0.354 e. The molecule has 0 aliphatic rings. The Morgan fingerprint density at radius 2 is 1.67 bits per heavy atom. The van der Waals surface area contributed by atoms with Crippen LogP contribution in [0.25, 0.3) is 0 Å². The molecule has 0 spiro atoms. The van der Waals surface area contributed by atoms with Gasteiger partial charge in [-0.05, 0) is 55.7 Å². The van der Waals surface area contributed by atoms with Crippen LogP contribution in [0.2, 0.25) is 5.02 Å². The zero-order valence-corrected chi connectivity index (χ0v) is 25.8. The van der Waals surface area contributed by atoms with Crippen LogP contribution in [0.4, 0.5) is 18.9 Å². The largest absolute Gasteiger partial charge is 0.416 e. The molecule has 7 nitrogen and oxygen atoms in total. The van der Waals surface area contributed by atoms with Crippen molar-refractivity contribution < 1.29 is 31.2 Å². The molecule has 2 amide bonds. The van der Waals surface area contributed by atoms with E-state index in [0.717, 1.165) is 30.5 Å². The first-order valence-corrected chi connectivity index (χ1v) is 15.7. The normalized spacial score (nSPS) is 12.4. The fourth-order valence-corrected chi connectivity index (χ4v) is 6.26. The molecule has 0 fully saturated rings. The third kappa shape index (κ3) is 8.73. The van der Waals surface area contributed by atoms with Crippen molar-refractivity contribution in [3.05, 3.63) is 94.5 Å². The van der Waals surface area contributed by atoms with Crippen LogP contribution in [-0.2, 0) is 32.3 Å². The number of aryl methyl sites for hydroxylation is 1. The molecule has 1 atom stereocenters. The van der Waals surface area contributed by atoms with Crippen molar-refractivity contribution in [3.8, 4) is 0 Å². The molecule has 0 aliphatic heterocycles. The molecule has 0 heterocycles. The highest BCUT2D eigenvalue weighted by molar-refractivity contribution is 7.92. The van der Waals surface area contributed by atoms with Crippen LogP contribution in [0.1, 0.15) is 49.8 Å². The van der Waals surface area contributed by atoms with E-state index in [2.05, 4.69) is 5.32 Å². The van der Waals surface area contributed by atoms with Crippen molar-refractivity contribution in [3.63, 3.8) is 0 Å². The van der Waals surface area contributed by atoms with E-state index in [1.807, 2.05) is 26.0 Å². The van der Waals surface area contributed by atoms with Crippen molar-refractivity contribution in [2.45, 2.75) is 63.7 Å². The maximum atomic E-state index is 14.1. The maximum Gasteiger partial charge on any atom is 0.416 e. The number of carbonyl (C=O) groups excluding carboxylic acids is 2. The summed E-state index contributed by atoms with van der Waals surface area (Å²) in [5.74, 6) is -1.20. The fraction of sp³-hybridized carbons (Fsp3) is 0.355. The molecule has 0 radical (unpaired) electrons. The Morgan fingerprint density at radius 1 is 0.977 bits per heavy atom. The van der Waals surface area contributed by atoms with Crippen molar-refractivity contribution in [1.29, 1.82) is 0 Å². The Bertz CT molecular complexity index is 1520. The highest BCUT2D eigenvalue weighted by atomic mass is 35.5. The van der Waals surface area contributed by atoms with Crippen molar-refractivity contribution in [2.24, 2.45) is 0 Å². The number of alkyl halides is 3. The number of unbranched alkanes of at least 4 members (excludes halogenated alkanes) is 1. The van der Waals surface area contributed by atoms with E-state index in [4.69, 9.17) is 11.6 Å². The van der Waals surface area contributed by atoms with Gasteiger partial charge in [-0.15, -0.1) is 0 Å². The molecule has 0 unspecified atom stereocenters. The molecule has 3 aromatic rings. The lowest BCUT2D eigenvalue weighted by molar-refractivity contribution is -0.140. The first-order chi connectivity index (χ1) is 20.3. The Balaban J connectivity index is 2.13. The van der Waals surface area contributed by atoms with E-state index in [-0.39, 0.29) is 22.9 Å². The highest BCUT2D eigenvalue weighted by Crippen LogP contribution is 2.37. The number of nitrogens with zero attached hydrogens (tertiary/aromatic N) is 2. The van der Waals surface area contributed by atoms with Crippen LogP contribution in [-0.4, -0.2) is 44.3 Å². The first kappa shape index (κ1) is 33.9. The van der Waals surface area contributed by atoms with Gasteiger partial charge < -0.3 is 10.2 Å². The average molecular weight is 638 g/mol. The minimum absolute atomic E-state index is 0.0320. The van der Waals surface area contributed by atoms with Crippen LogP contribution in [0.3, 0.4) is 0 Å². The van der Waals surface area contributed by atoms with Gasteiger partial charge in [0.1, 0.15) is 12.6 Å². The number of halogens is 4. The Hall–Kier alpha value is -3.57. The molecule has 12 heteroatoms. The van der Waals surface area contributed by atoms with Gasteiger partial charge in [-0.3, -0.25) is 13.9 Å². The number of hydrogen-bond acceptors (Lipinski definition) is 4. The van der Waals surface area contributed by atoms with E-state index in [0.29, 0.717) is 22.5 Å². The quantitative estimate of drug-likeness (QED) is 0.214. The van der Waals surface area contributed by atoms with E-state index in [9.17, 15) is 31.2 Å².